The lowest BCUT2D eigenvalue weighted by Crippen LogP contribution is -2.32. The number of aliphatic imine (C=N–C) groups is 1. The Labute approximate surface area is 185 Å². The number of hydrogen-bond acceptors (Lipinski definition) is 4. The molecule has 0 aliphatic heterocycles. The first-order valence-electron chi connectivity index (χ1n) is 10.0. The van der Waals surface area contributed by atoms with Crippen LogP contribution in [0.4, 0.5) is 8.78 Å². The minimum Gasteiger partial charge on any atom is -0.346 e. The first kappa shape index (κ1) is 22.9. The summed E-state index contributed by atoms with van der Waals surface area (Å²) < 4.78 is 27.9. The number of pyridine rings is 1. The molecular weight excluding hydrogens is 424 g/mol. The lowest BCUT2D eigenvalue weighted by atomic mass is 10.1. The van der Waals surface area contributed by atoms with E-state index in [0.29, 0.717) is 33.6 Å². The van der Waals surface area contributed by atoms with Crippen LogP contribution in [0.15, 0.2) is 17.3 Å². The van der Waals surface area contributed by atoms with Gasteiger partial charge in [-0.15, -0.1) is 0 Å². The summed E-state index contributed by atoms with van der Waals surface area (Å²) in [6.45, 7) is 5.31. The highest BCUT2D eigenvalue weighted by Crippen LogP contribution is 2.28. The van der Waals surface area contributed by atoms with Gasteiger partial charge >= 0.3 is 0 Å². The molecule has 31 heavy (non-hydrogen) atoms. The normalized spacial score (nSPS) is 14.0. The van der Waals surface area contributed by atoms with Crippen LogP contribution >= 0.6 is 11.6 Å². The highest BCUT2D eigenvalue weighted by Gasteiger charge is 2.26. The van der Waals surface area contributed by atoms with Gasteiger partial charge in [-0.3, -0.25) is 19.5 Å². The topological polar surface area (TPSA) is 72.2 Å². The highest BCUT2D eigenvalue weighted by molar-refractivity contribution is 6.34. The highest BCUT2D eigenvalue weighted by atomic mass is 35.5. The summed E-state index contributed by atoms with van der Waals surface area (Å²) in [4.78, 5) is 21.6. The van der Waals surface area contributed by atoms with Crippen LogP contribution in [0.5, 0.6) is 0 Å². The predicted octanol–water partition coefficient (Wildman–Crippen LogP) is 4.10. The number of rotatable bonds is 6. The molecule has 9 heteroatoms. The Kier molecular flexibility index (Phi) is 7.06. The zero-order valence-corrected chi connectivity index (χ0v) is 18.6. The van der Waals surface area contributed by atoms with Crippen molar-refractivity contribution in [2.75, 3.05) is 6.54 Å². The molecular formula is C22H24ClF2N5O. The minimum atomic E-state index is -2.86. The standard InChI is InChI=1S/C22H24ClF2N5O/c1-12(2)28-17(19-16(23)9-15(10-26-19)8-7-14-5-6-14)11-27-22(31)18-13(3)30(4)29-20(18)21(24)25/h9-10,12,14,21H,5-6,11H2,1-4H3,(H,27,31)/b28-17-. The number of amides is 1. The Bertz CT molecular complexity index is 1080. The van der Waals surface area contributed by atoms with E-state index in [2.05, 4.69) is 32.2 Å². The van der Waals surface area contributed by atoms with Gasteiger partial charge in [-0.05, 0) is 39.7 Å². The van der Waals surface area contributed by atoms with Crippen molar-refractivity contribution < 1.29 is 13.6 Å². The maximum atomic E-state index is 13.3. The van der Waals surface area contributed by atoms with Gasteiger partial charge in [0.25, 0.3) is 12.3 Å². The fourth-order valence-electron chi connectivity index (χ4n) is 2.95. The third kappa shape index (κ3) is 5.67. The molecule has 1 amide bonds. The second kappa shape index (κ2) is 9.56. The summed E-state index contributed by atoms with van der Waals surface area (Å²) in [6, 6.07) is 1.63. The van der Waals surface area contributed by atoms with Gasteiger partial charge in [-0.1, -0.05) is 23.4 Å². The molecule has 0 atom stereocenters. The van der Waals surface area contributed by atoms with E-state index < -0.39 is 18.0 Å². The summed E-state index contributed by atoms with van der Waals surface area (Å²) >= 11 is 6.43. The van der Waals surface area contributed by atoms with E-state index in [1.165, 1.54) is 11.7 Å². The van der Waals surface area contributed by atoms with E-state index in [-0.39, 0.29) is 18.2 Å². The van der Waals surface area contributed by atoms with Crippen molar-refractivity contribution in [3.63, 3.8) is 0 Å². The molecule has 2 heterocycles. The van der Waals surface area contributed by atoms with E-state index in [1.54, 1.807) is 19.2 Å². The van der Waals surface area contributed by atoms with Gasteiger partial charge < -0.3 is 5.32 Å². The van der Waals surface area contributed by atoms with Crippen molar-refractivity contribution in [3.05, 3.63) is 45.5 Å². The van der Waals surface area contributed by atoms with Gasteiger partial charge in [0.05, 0.1) is 22.8 Å². The van der Waals surface area contributed by atoms with E-state index in [0.717, 1.165) is 12.8 Å². The number of carbonyl (C=O) groups is 1. The number of carbonyl (C=O) groups excluding carboxylic acids is 1. The SMILES string of the molecule is Cc1c(C(=O)NC/C(=N/C(C)C)c2ncc(C#CC3CC3)cc2Cl)c(C(F)F)nn1C. The van der Waals surface area contributed by atoms with Crippen molar-refractivity contribution >= 4 is 23.2 Å². The third-order valence-electron chi connectivity index (χ3n) is 4.74. The first-order valence-corrected chi connectivity index (χ1v) is 10.4. The van der Waals surface area contributed by atoms with Crippen LogP contribution in [0.1, 0.15) is 66.1 Å². The second-order valence-electron chi connectivity index (χ2n) is 7.72. The lowest BCUT2D eigenvalue weighted by molar-refractivity contribution is 0.0944. The Morgan fingerprint density at radius 1 is 1.42 bits per heavy atom. The van der Waals surface area contributed by atoms with Crippen LogP contribution in [0.2, 0.25) is 5.02 Å². The Balaban J connectivity index is 1.82. The van der Waals surface area contributed by atoms with Gasteiger partial charge in [-0.25, -0.2) is 8.78 Å². The van der Waals surface area contributed by atoms with Crippen LogP contribution < -0.4 is 5.32 Å². The van der Waals surface area contributed by atoms with Crippen molar-refractivity contribution in [1.29, 1.82) is 0 Å². The van der Waals surface area contributed by atoms with Crippen molar-refractivity contribution in [2.24, 2.45) is 18.0 Å². The predicted molar refractivity (Wildman–Crippen MR) is 116 cm³/mol. The number of hydrogen-bond donors (Lipinski definition) is 1. The molecule has 0 saturated heterocycles. The number of halogens is 3. The fraction of sp³-hybridized carbons (Fsp3) is 0.455. The Morgan fingerprint density at radius 2 is 2.13 bits per heavy atom. The molecule has 164 valence electrons. The molecule has 2 aromatic heterocycles. The van der Waals surface area contributed by atoms with Crippen LogP contribution in [-0.4, -0.2) is 39.0 Å². The number of alkyl halides is 2. The van der Waals surface area contributed by atoms with Crippen molar-refractivity contribution in [3.8, 4) is 11.8 Å². The summed E-state index contributed by atoms with van der Waals surface area (Å²) in [6.07, 6.45) is 1.01. The largest absolute Gasteiger partial charge is 0.346 e. The van der Waals surface area contributed by atoms with Gasteiger partial charge in [0, 0.05) is 36.5 Å². The summed E-state index contributed by atoms with van der Waals surface area (Å²) in [7, 11) is 1.51. The molecule has 1 saturated carbocycles. The average molecular weight is 448 g/mol. The molecule has 0 bridgehead atoms. The number of aryl methyl sites for hydroxylation is 1. The third-order valence-corrected chi connectivity index (χ3v) is 5.03. The van der Waals surface area contributed by atoms with Crippen LogP contribution in [0.25, 0.3) is 0 Å². The molecule has 1 N–H and O–H groups in total. The zero-order chi connectivity index (χ0) is 22.7. The van der Waals surface area contributed by atoms with Crippen LogP contribution in [0.3, 0.4) is 0 Å². The zero-order valence-electron chi connectivity index (χ0n) is 17.8. The lowest BCUT2D eigenvalue weighted by Gasteiger charge is -2.12. The number of nitrogens with zero attached hydrogens (tertiary/aromatic N) is 4. The number of nitrogens with one attached hydrogen (secondary N) is 1. The average Bonchev–Trinajstić information content (AvgIpc) is 3.48. The summed E-state index contributed by atoms with van der Waals surface area (Å²) in [5, 5.41) is 6.77. The molecule has 1 fully saturated rings. The van der Waals surface area contributed by atoms with Gasteiger partial charge in [0.15, 0.2) is 0 Å². The molecule has 6 nitrogen and oxygen atoms in total. The molecule has 1 aliphatic carbocycles. The molecule has 3 rings (SSSR count). The molecule has 1 aliphatic rings. The van der Waals surface area contributed by atoms with Crippen LogP contribution in [-0.2, 0) is 7.05 Å². The fourth-order valence-corrected chi connectivity index (χ4v) is 3.23. The monoisotopic (exact) mass is 447 g/mol. The molecule has 0 unspecified atom stereocenters. The minimum absolute atomic E-state index is 0.0200. The Morgan fingerprint density at radius 3 is 2.71 bits per heavy atom. The van der Waals surface area contributed by atoms with E-state index >= 15 is 0 Å². The second-order valence-corrected chi connectivity index (χ2v) is 8.13. The van der Waals surface area contributed by atoms with Crippen molar-refractivity contribution in [2.45, 2.75) is 46.1 Å². The van der Waals surface area contributed by atoms with Gasteiger partial charge in [0.1, 0.15) is 11.4 Å². The first-order chi connectivity index (χ1) is 14.7. The smallest absolute Gasteiger partial charge is 0.282 e. The summed E-state index contributed by atoms with van der Waals surface area (Å²) in [5.41, 5.74) is 1.26. The van der Waals surface area contributed by atoms with Gasteiger partial charge in [-0.2, -0.15) is 5.10 Å². The van der Waals surface area contributed by atoms with Gasteiger partial charge in [0.2, 0.25) is 0 Å². The molecule has 0 radical (unpaired) electrons. The van der Waals surface area contributed by atoms with Crippen molar-refractivity contribution in [1.82, 2.24) is 20.1 Å². The molecule has 0 spiro atoms. The number of aromatic nitrogens is 3. The maximum Gasteiger partial charge on any atom is 0.282 e. The van der Waals surface area contributed by atoms with Crippen LogP contribution in [0, 0.1) is 24.7 Å². The van der Waals surface area contributed by atoms with E-state index in [1.807, 2.05) is 13.8 Å². The quantitative estimate of drug-likeness (QED) is 0.535. The summed E-state index contributed by atoms with van der Waals surface area (Å²) in [5.74, 6) is 6.03. The molecule has 2 aromatic rings. The maximum absolute atomic E-state index is 13.3. The molecule has 0 aromatic carbocycles. The van der Waals surface area contributed by atoms with E-state index in [9.17, 15) is 13.6 Å². The Hall–Kier alpha value is -2.79. The van der Waals surface area contributed by atoms with E-state index in [4.69, 9.17) is 11.6 Å².